The molecule has 2 fully saturated rings. The van der Waals surface area contributed by atoms with Crippen LogP contribution in [0.5, 0.6) is 0 Å². The average molecular weight is 380 g/mol. The van der Waals surface area contributed by atoms with Crippen molar-refractivity contribution in [3.63, 3.8) is 0 Å². The van der Waals surface area contributed by atoms with Gasteiger partial charge in [-0.3, -0.25) is 19.4 Å². The Kier molecular flexibility index (Phi) is 6.64. The molecule has 0 saturated carbocycles. The maximum atomic E-state index is 12.6. The van der Waals surface area contributed by atoms with Crippen molar-refractivity contribution in [1.82, 2.24) is 19.6 Å². The van der Waals surface area contributed by atoms with E-state index in [2.05, 4.69) is 16.4 Å². The smallest absolute Gasteiger partial charge is 0.326 e. The summed E-state index contributed by atoms with van der Waals surface area (Å²) in [5.74, 6) is -1.35. The van der Waals surface area contributed by atoms with Crippen LogP contribution >= 0.6 is 0 Å². The number of likely N-dealkylation sites (N-methyl/N-ethyl adjacent to an activating group) is 2. The number of amides is 2. The van der Waals surface area contributed by atoms with E-state index < -0.39 is 12.0 Å². The number of rotatable bonds is 6. The van der Waals surface area contributed by atoms with Gasteiger partial charge in [0.05, 0.1) is 13.2 Å². The van der Waals surface area contributed by atoms with Gasteiger partial charge in [-0.25, -0.2) is 4.79 Å². The van der Waals surface area contributed by atoms with Crippen molar-refractivity contribution < 1.29 is 19.5 Å². The third-order valence-corrected chi connectivity index (χ3v) is 6.00. The normalized spacial score (nSPS) is 21.4. The second kappa shape index (κ2) is 8.39. The summed E-state index contributed by atoms with van der Waals surface area (Å²) in [6.45, 7) is 10.2. The number of hydrogen-bond acceptors (Lipinski definition) is 5. The molecule has 2 aliphatic rings. The van der Waals surface area contributed by atoms with Gasteiger partial charge in [0.2, 0.25) is 11.8 Å². The Hall–Kier alpha value is -1.93. The zero-order valence-electron chi connectivity index (χ0n) is 16.8. The molecule has 152 valence electrons. The third kappa shape index (κ3) is 4.50. The summed E-state index contributed by atoms with van der Waals surface area (Å²) < 4.78 is 0. The van der Waals surface area contributed by atoms with E-state index in [1.807, 2.05) is 11.9 Å². The standard InChI is InChI=1S/C19H32N4O4/c1-6-15(24)23-12-19(20(4)13-23)7-9-22(10-8-19)11-16(25)21(5)17(14(2)3)18(26)27/h6,14,17H,1,7-13H2,2-5H3,(H,26,27)/t17-/m0/s1. The number of nitrogens with zero attached hydrogens (tertiary/aromatic N) is 4. The molecule has 1 spiro atoms. The summed E-state index contributed by atoms with van der Waals surface area (Å²) in [6, 6.07) is -0.812. The molecular weight excluding hydrogens is 348 g/mol. The summed E-state index contributed by atoms with van der Waals surface area (Å²) in [5, 5.41) is 9.38. The average Bonchev–Trinajstić information content (AvgIpc) is 2.92. The van der Waals surface area contributed by atoms with E-state index >= 15 is 0 Å². The summed E-state index contributed by atoms with van der Waals surface area (Å²) in [7, 11) is 3.60. The highest BCUT2D eigenvalue weighted by Gasteiger charge is 2.45. The number of carbonyl (C=O) groups is 3. The lowest BCUT2D eigenvalue weighted by Crippen LogP contribution is -2.55. The fraction of sp³-hybridized carbons (Fsp3) is 0.737. The molecule has 0 radical (unpaired) electrons. The number of hydrogen-bond donors (Lipinski definition) is 1. The zero-order chi connectivity index (χ0) is 20.4. The Balaban J connectivity index is 1.92. The highest BCUT2D eigenvalue weighted by Crippen LogP contribution is 2.33. The van der Waals surface area contributed by atoms with Gasteiger partial charge in [-0.1, -0.05) is 20.4 Å². The molecule has 1 atom stereocenters. The Morgan fingerprint density at radius 1 is 1.26 bits per heavy atom. The summed E-state index contributed by atoms with van der Waals surface area (Å²) in [6.07, 6.45) is 3.09. The molecule has 8 heteroatoms. The lowest BCUT2D eigenvalue weighted by molar-refractivity contribution is -0.151. The Labute approximate surface area is 161 Å². The fourth-order valence-electron chi connectivity index (χ4n) is 4.23. The molecule has 1 N–H and O–H groups in total. The second-order valence-corrected chi connectivity index (χ2v) is 8.11. The second-order valence-electron chi connectivity index (χ2n) is 8.11. The molecule has 2 heterocycles. The van der Waals surface area contributed by atoms with Crippen molar-refractivity contribution in [2.24, 2.45) is 5.92 Å². The number of likely N-dealkylation sites (tertiary alicyclic amines) is 1. The van der Waals surface area contributed by atoms with Gasteiger partial charge in [0, 0.05) is 32.2 Å². The molecule has 0 aromatic heterocycles. The van der Waals surface area contributed by atoms with Crippen molar-refractivity contribution in [2.75, 3.05) is 46.9 Å². The van der Waals surface area contributed by atoms with Crippen molar-refractivity contribution in [3.8, 4) is 0 Å². The molecule has 2 amide bonds. The Morgan fingerprint density at radius 3 is 2.33 bits per heavy atom. The van der Waals surface area contributed by atoms with Gasteiger partial charge in [0.25, 0.3) is 0 Å². The summed E-state index contributed by atoms with van der Waals surface area (Å²) in [5.41, 5.74) is -0.0499. The first kappa shape index (κ1) is 21.4. The van der Waals surface area contributed by atoms with Crippen LogP contribution in [0.1, 0.15) is 26.7 Å². The van der Waals surface area contributed by atoms with E-state index in [-0.39, 0.29) is 29.8 Å². The number of carboxylic acids is 1. The molecule has 27 heavy (non-hydrogen) atoms. The van der Waals surface area contributed by atoms with Crippen LogP contribution in [-0.4, -0.2) is 101 Å². The van der Waals surface area contributed by atoms with Gasteiger partial charge in [0.15, 0.2) is 0 Å². The molecule has 0 aromatic carbocycles. The number of piperidine rings is 1. The van der Waals surface area contributed by atoms with Crippen molar-refractivity contribution in [3.05, 3.63) is 12.7 Å². The topological polar surface area (TPSA) is 84.4 Å². The summed E-state index contributed by atoms with van der Waals surface area (Å²) in [4.78, 5) is 43.4. The monoisotopic (exact) mass is 380 g/mol. The van der Waals surface area contributed by atoms with Crippen LogP contribution < -0.4 is 0 Å². The molecule has 0 aromatic rings. The van der Waals surface area contributed by atoms with Crippen LogP contribution in [0.2, 0.25) is 0 Å². The van der Waals surface area contributed by atoms with Crippen molar-refractivity contribution in [2.45, 2.75) is 38.3 Å². The summed E-state index contributed by atoms with van der Waals surface area (Å²) >= 11 is 0. The maximum absolute atomic E-state index is 12.6. The molecule has 2 aliphatic heterocycles. The molecule has 8 nitrogen and oxygen atoms in total. The highest BCUT2D eigenvalue weighted by atomic mass is 16.4. The molecular formula is C19H32N4O4. The first-order chi connectivity index (χ1) is 12.6. The lowest BCUT2D eigenvalue weighted by Gasteiger charge is -2.43. The van der Waals surface area contributed by atoms with Crippen molar-refractivity contribution in [1.29, 1.82) is 0 Å². The molecule has 2 saturated heterocycles. The van der Waals surface area contributed by atoms with Gasteiger partial charge in [-0.15, -0.1) is 0 Å². The van der Waals surface area contributed by atoms with Gasteiger partial charge < -0.3 is 14.9 Å². The van der Waals surface area contributed by atoms with Crippen LogP contribution in [0.25, 0.3) is 0 Å². The van der Waals surface area contributed by atoms with Gasteiger partial charge >= 0.3 is 5.97 Å². The zero-order valence-corrected chi connectivity index (χ0v) is 16.8. The number of carboxylic acid groups (broad SMARTS) is 1. The van der Waals surface area contributed by atoms with Crippen molar-refractivity contribution >= 4 is 17.8 Å². The van der Waals surface area contributed by atoms with E-state index in [0.717, 1.165) is 25.9 Å². The minimum absolute atomic E-state index is 0.0497. The minimum atomic E-state index is -0.974. The molecule has 0 aliphatic carbocycles. The van der Waals surface area contributed by atoms with E-state index in [0.29, 0.717) is 13.2 Å². The first-order valence-corrected chi connectivity index (χ1v) is 9.44. The largest absolute Gasteiger partial charge is 0.480 e. The molecule has 2 rings (SSSR count). The third-order valence-electron chi connectivity index (χ3n) is 6.00. The van der Waals surface area contributed by atoms with Crippen LogP contribution in [0, 0.1) is 5.92 Å². The maximum Gasteiger partial charge on any atom is 0.326 e. The molecule has 0 unspecified atom stereocenters. The Bertz CT molecular complexity index is 599. The first-order valence-electron chi connectivity index (χ1n) is 9.44. The fourth-order valence-corrected chi connectivity index (χ4v) is 4.23. The van der Waals surface area contributed by atoms with Crippen LogP contribution in [0.4, 0.5) is 0 Å². The van der Waals surface area contributed by atoms with E-state index in [1.54, 1.807) is 20.9 Å². The predicted molar refractivity (Wildman–Crippen MR) is 102 cm³/mol. The van der Waals surface area contributed by atoms with E-state index in [1.165, 1.54) is 11.0 Å². The van der Waals surface area contributed by atoms with E-state index in [4.69, 9.17) is 0 Å². The Morgan fingerprint density at radius 2 is 1.85 bits per heavy atom. The number of aliphatic carboxylic acids is 1. The van der Waals surface area contributed by atoms with E-state index in [9.17, 15) is 19.5 Å². The van der Waals surface area contributed by atoms with Crippen LogP contribution in [-0.2, 0) is 14.4 Å². The lowest BCUT2D eigenvalue weighted by atomic mass is 9.87. The van der Waals surface area contributed by atoms with Gasteiger partial charge in [0.1, 0.15) is 6.04 Å². The number of carbonyl (C=O) groups excluding carboxylic acids is 2. The van der Waals surface area contributed by atoms with Gasteiger partial charge in [-0.2, -0.15) is 0 Å². The highest BCUT2D eigenvalue weighted by molar-refractivity contribution is 5.87. The molecule has 0 bridgehead atoms. The van der Waals surface area contributed by atoms with Crippen LogP contribution in [0.15, 0.2) is 12.7 Å². The van der Waals surface area contributed by atoms with Gasteiger partial charge in [-0.05, 0) is 31.9 Å². The quantitative estimate of drug-likeness (QED) is 0.668. The minimum Gasteiger partial charge on any atom is -0.480 e. The van der Waals surface area contributed by atoms with Crippen LogP contribution in [0.3, 0.4) is 0 Å². The SMILES string of the molecule is C=CC(=O)N1CN(C)C2(CCN(CC(=O)N(C)[C@H](C(=O)O)C(C)C)CC2)C1. The predicted octanol–water partition coefficient (Wildman–Crippen LogP) is 0.306.